The molecule has 0 radical (unpaired) electrons. The van der Waals surface area contributed by atoms with Crippen molar-refractivity contribution in [2.75, 3.05) is 6.54 Å². The smallest absolute Gasteiger partial charge is 0.303 e. The van der Waals surface area contributed by atoms with Crippen molar-refractivity contribution in [3.63, 3.8) is 0 Å². The lowest BCUT2D eigenvalue weighted by Gasteiger charge is -2.27. The van der Waals surface area contributed by atoms with Gasteiger partial charge in [-0.3, -0.25) is 14.3 Å². The molecular weight excluding hydrogens is 454 g/mol. The third kappa shape index (κ3) is 5.63. The zero-order chi connectivity index (χ0) is 24.9. The van der Waals surface area contributed by atoms with Crippen molar-refractivity contribution in [2.45, 2.75) is 32.4 Å². The summed E-state index contributed by atoms with van der Waals surface area (Å²) in [6, 6.07) is 27.6. The molecule has 5 rings (SSSR count). The van der Waals surface area contributed by atoms with Gasteiger partial charge in [0.25, 0.3) is 0 Å². The molecule has 7 heteroatoms. The van der Waals surface area contributed by atoms with Gasteiger partial charge in [-0.25, -0.2) is 0 Å². The maximum atomic E-state index is 12.9. The topological polar surface area (TPSA) is 84.7 Å². The number of carbonyl (C=O) groups excluding carboxylic acids is 1. The second-order valence-corrected chi connectivity index (χ2v) is 8.87. The first-order valence-electron chi connectivity index (χ1n) is 12.0. The van der Waals surface area contributed by atoms with E-state index in [-0.39, 0.29) is 12.3 Å². The number of amides is 1. The predicted octanol–water partition coefficient (Wildman–Crippen LogP) is 4.94. The van der Waals surface area contributed by atoms with E-state index in [1.165, 1.54) is 0 Å². The number of aliphatic carboxylic acids is 1. The SMILES string of the molecule is O=C(O)CCc1cc2n(n1)CCN(C(=O)Cc1ccc(-c3ccc(Oc4ccccc4)cc3)cc1)C2. The first-order valence-corrected chi connectivity index (χ1v) is 12.0. The Kier molecular flexibility index (Phi) is 6.80. The number of carbonyl (C=O) groups is 2. The van der Waals surface area contributed by atoms with Crippen molar-refractivity contribution < 1.29 is 19.4 Å². The van der Waals surface area contributed by atoms with Crippen LogP contribution in [0.4, 0.5) is 0 Å². The van der Waals surface area contributed by atoms with Crippen LogP contribution in [0.15, 0.2) is 84.9 Å². The average Bonchev–Trinajstić information content (AvgIpc) is 3.31. The molecule has 182 valence electrons. The van der Waals surface area contributed by atoms with E-state index in [0.29, 0.717) is 32.5 Å². The number of hydrogen-bond donors (Lipinski definition) is 1. The Balaban J connectivity index is 1.17. The van der Waals surface area contributed by atoms with Crippen LogP contribution in [0.1, 0.15) is 23.4 Å². The number of fused-ring (bicyclic) bond motifs is 1. The highest BCUT2D eigenvalue weighted by atomic mass is 16.5. The summed E-state index contributed by atoms with van der Waals surface area (Å²) in [5.41, 5.74) is 4.83. The van der Waals surface area contributed by atoms with E-state index in [4.69, 9.17) is 9.84 Å². The van der Waals surface area contributed by atoms with E-state index < -0.39 is 5.97 Å². The predicted molar refractivity (Wildman–Crippen MR) is 136 cm³/mol. The van der Waals surface area contributed by atoms with Crippen LogP contribution in [-0.2, 0) is 35.5 Å². The van der Waals surface area contributed by atoms with Crippen molar-refractivity contribution in [1.29, 1.82) is 0 Å². The van der Waals surface area contributed by atoms with Crippen molar-refractivity contribution in [1.82, 2.24) is 14.7 Å². The molecule has 1 N–H and O–H groups in total. The van der Waals surface area contributed by atoms with Crippen LogP contribution in [0.3, 0.4) is 0 Å². The summed E-state index contributed by atoms with van der Waals surface area (Å²) in [4.78, 5) is 25.6. The first-order chi connectivity index (χ1) is 17.5. The molecule has 0 saturated carbocycles. The quantitative estimate of drug-likeness (QED) is 0.385. The van der Waals surface area contributed by atoms with Gasteiger partial charge in [-0.15, -0.1) is 0 Å². The molecule has 1 aliphatic rings. The zero-order valence-electron chi connectivity index (χ0n) is 19.8. The Bertz CT molecular complexity index is 1350. The molecule has 0 spiro atoms. The van der Waals surface area contributed by atoms with Crippen molar-refractivity contribution in [2.24, 2.45) is 0 Å². The minimum Gasteiger partial charge on any atom is -0.481 e. The van der Waals surface area contributed by atoms with Gasteiger partial charge in [0.1, 0.15) is 11.5 Å². The molecule has 1 amide bonds. The molecule has 0 aliphatic carbocycles. The maximum absolute atomic E-state index is 12.9. The lowest BCUT2D eigenvalue weighted by molar-refractivity contribution is -0.137. The summed E-state index contributed by atoms with van der Waals surface area (Å²) in [5.74, 6) is 0.822. The third-order valence-electron chi connectivity index (χ3n) is 6.27. The third-order valence-corrected chi connectivity index (χ3v) is 6.27. The largest absolute Gasteiger partial charge is 0.481 e. The first kappa shape index (κ1) is 23.4. The number of carboxylic acid groups (broad SMARTS) is 1. The van der Waals surface area contributed by atoms with Crippen LogP contribution >= 0.6 is 0 Å². The van der Waals surface area contributed by atoms with Gasteiger partial charge >= 0.3 is 5.97 Å². The minimum atomic E-state index is -0.835. The highest BCUT2D eigenvalue weighted by Gasteiger charge is 2.22. The minimum absolute atomic E-state index is 0.0563. The van der Waals surface area contributed by atoms with Crippen LogP contribution < -0.4 is 4.74 Å². The summed E-state index contributed by atoms with van der Waals surface area (Å²) < 4.78 is 7.74. The van der Waals surface area contributed by atoms with Gasteiger partial charge in [-0.1, -0.05) is 54.6 Å². The lowest BCUT2D eigenvalue weighted by Crippen LogP contribution is -2.39. The van der Waals surface area contributed by atoms with E-state index in [0.717, 1.165) is 39.6 Å². The van der Waals surface area contributed by atoms with Crippen LogP contribution in [0.25, 0.3) is 11.1 Å². The summed E-state index contributed by atoms with van der Waals surface area (Å²) in [7, 11) is 0. The summed E-state index contributed by atoms with van der Waals surface area (Å²) in [5, 5.41) is 13.4. The molecule has 0 saturated heterocycles. The second-order valence-electron chi connectivity index (χ2n) is 8.87. The van der Waals surface area contributed by atoms with E-state index in [2.05, 4.69) is 5.10 Å². The van der Waals surface area contributed by atoms with Gasteiger partial charge < -0.3 is 14.7 Å². The number of rotatable bonds is 8. The molecule has 0 bridgehead atoms. The van der Waals surface area contributed by atoms with Crippen LogP contribution in [0.5, 0.6) is 11.5 Å². The molecule has 4 aromatic rings. The highest BCUT2D eigenvalue weighted by molar-refractivity contribution is 5.79. The standard InChI is InChI=1S/C29H27N3O4/c33-28(31-16-17-32-25(20-31)19-24(30-32)12-15-29(34)35)18-21-6-8-22(9-7-21)23-10-13-27(14-11-23)36-26-4-2-1-3-5-26/h1-11,13-14,19H,12,15-18,20H2,(H,34,35). The van der Waals surface area contributed by atoms with E-state index in [1.807, 2.05) is 94.5 Å². The second kappa shape index (κ2) is 10.5. The number of ether oxygens (including phenoxy) is 1. The van der Waals surface area contributed by atoms with Crippen molar-refractivity contribution in [3.8, 4) is 22.6 Å². The molecule has 1 aliphatic heterocycles. The van der Waals surface area contributed by atoms with Crippen LogP contribution in [0, 0.1) is 0 Å². The van der Waals surface area contributed by atoms with Crippen molar-refractivity contribution in [3.05, 3.63) is 102 Å². The van der Waals surface area contributed by atoms with Gasteiger partial charge in [0.05, 0.1) is 37.3 Å². The Morgan fingerprint density at radius 3 is 2.22 bits per heavy atom. The molecule has 2 heterocycles. The molecule has 36 heavy (non-hydrogen) atoms. The van der Waals surface area contributed by atoms with Gasteiger partial charge in [0.2, 0.25) is 5.91 Å². The summed E-state index contributed by atoms with van der Waals surface area (Å²) >= 11 is 0. The Morgan fingerprint density at radius 2 is 1.53 bits per heavy atom. The number of para-hydroxylation sites is 1. The number of hydrogen-bond acceptors (Lipinski definition) is 4. The molecular formula is C29H27N3O4. The molecule has 0 fully saturated rings. The molecule has 3 aromatic carbocycles. The number of nitrogens with zero attached hydrogens (tertiary/aromatic N) is 3. The fourth-order valence-electron chi connectivity index (χ4n) is 4.34. The van der Waals surface area contributed by atoms with E-state index in [9.17, 15) is 9.59 Å². The number of carboxylic acids is 1. The normalized spacial score (nSPS) is 12.7. The fourth-order valence-corrected chi connectivity index (χ4v) is 4.34. The number of aromatic nitrogens is 2. The number of benzene rings is 3. The molecule has 0 unspecified atom stereocenters. The highest BCUT2D eigenvalue weighted by Crippen LogP contribution is 2.26. The van der Waals surface area contributed by atoms with Crippen molar-refractivity contribution >= 4 is 11.9 Å². The Labute approximate surface area is 209 Å². The van der Waals surface area contributed by atoms with E-state index >= 15 is 0 Å². The Hall–Kier alpha value is -4.39. The van der Waals surface area contributed by atoms with Gasteiger partial charge in [0, 0.05) is 13.0 Å². The molecule has 1 aromatic heterocycles. The van der Waals surface area contributed by atoms with E-state index in [1.54, 1.807) is 0 Å². The fraction of sp³-hybridized carbons (Fsp3) is 0.207. The number of aryl methyl sites for hydroxylation is 1. The lowest BCUT2D eigenvalue weighted by atomic mass is 10.0. The zero-order valence-corrected chi connectivity index (χ0v) is 19.8. The van der Waals surface area contributed by atoms with Gasteiger partial charge in [-0.05, 0) is 47.0 Å². The van der Waals surface area contributed by atoms with Gasteiger partial charge in [0.15, 0.2) is 0 Å². The van der Waals surface area contributed by atoms with Gasteiger partial charge in [-0.2, -0.15) is 5.10 Å². The molecule has 0 atom stereocenters. The average molecular weight is 482 g/mol. The summed E-state index contributed by atoms with van der Waals surface area (Å²) in [6.45, 7) is 1.72. The Morgan fingerprint density at radius 1 is 0.861 bits per heavy atom. The maximum Gasteiger partial charge on any atom is 0.303 e. The molecule has 7 nitrogen and oxygen atoms in total. The monoisotopic (exact) mass is 481 g/mol. The van der Waals surface area contributed by atoms with Crippen LogP contribution in [-0.4, -0.2) is 38.2 Å². The summed E-state index contributed by atoms with van der Waals surface area (Å²) in [6.07, 6.45) is 0.795. The van der Waals surface area contributed by atoms with Crippen LogP contribution in [0.2, 0.25) is 0 Å².